The Morgan fingerprint density at radius 3 is 2.05 bits per heavy atom. The van der Waals surface area contributed by atoms with Gasteiger partial charge in [0.25, 0.3) is 0 Å². The summed E-state index contributed by atoms with van der Waals surface area (Å²) in [6.45, 7) is 15.5. The first-order valence-electron chi connectivity index (χ1n) is 12.8. The van der Waals surface area contributed by atoms with E-state index in [1.54, 1.807) is 19.0 Å². The third kappa shape index (κ3) is 9.27. The summed E-state index contributed by atoms with van der Waals surface area (Å²) in [5.74, 6) is -1.38. The van der Waals surface area contributed by atoms with Crippen molar-refractivity contribution in [2.45, 2.75) is 78.9 Å². The average Bonchev–Trinajstić information content (AvgIpc) is 2.79. The second kappa shape index (κ2) is 13.7. The van der Waals surface area contributed by atoms with Crippen molar-refractivity contribution in [2.75, 3.05) is 27.3 Å². The Morgan fingerprint density at radius 1 is 1.03 bits per heavy atom. The van der Waals surface area contributed by atoms with Crippen molar-refractivity contribution in [3.05, 3.63) is 47.5 Å². The van der Waals surface area contributed by atoms with Crippen molar-refractivity contribution >= 4 is 17.8 Å². The fourth-order valence-corrected chi connectivity index (χ4v) is 4.47. The summed E-state index contributed by atoms with van der Waals surface area (Å²) in [4.78, 5) is 39.9. The molecule has 0 aliphatic carbocycles. The Kier molecular flexibility index (Phi) is 12.0. The number of carboxylic acid groups (broad SMARTS) is 1. The van der Waals surface area contributed by atoms with E-state index in [1.165, 1.54) is 0 Å². The number of carbonyl (C=O) groups excluding carboxylic acids is 2. The first kappa shape index (κ1) is 32.3. The molecule has 0 saturated carbocycles. The molecule has 0 bridgehead atoms. The van der Waals surface area contributed by atoms with Crippen LogP contribution in [0.1, 0.15) is 61.0 Å². The minimum Gasteiger partial charge on any atom is -0.480 e. The zero-order valence-corrected chi connectivity index (χ0v) is 24.2. The monoisotopic (exact) mass is 517 g/mol. The van der Waals surface area contributed by atoms with E-state index in [0.717, 1.165) is 11.1 Å². The topological polar surface area (TPSA) is 108 Å². The number of hydrogen-bond acceptors (Lipinski definition) is 5. The summed E-state index contributed by atoms with van der Waals surface area (Å²) in [5.41, 5.74) is 0.788. The maximum Gasteiger partial charge on any atom is 0.329 e. The summed E-state index contributed by atoms with van der Waals surface area (Å²) in [6.07, 6.45) is 1.93. The molecular formula is C29H47N3O5. The van der Waals surface area contributed by atoms with E-state index in [4.69, 9.17) is 9.84 Å². The maximum absolute atomic E-state index is 13.8. The van der Waals surface area contributed by atoms with E-state index < -0.39 is 28.9 Å². The molecule has 1 aromatic rings. The highest BCUT2D eigenvalue weighted by molar-refractivity contribution is 5.91. The van der Waals surface area contributed by atoms with Crippen LogP contribution in [0, 0.1) is 11.3 Å². The number of likely N-dealkylation sites (N-methyl/N-ethyl adjacent to an activating group) is 2. The zero-order valence-electron chi connectivity index (χ0n) is 24.2. The molecule has 0 fully saturated rings. The molecule has 0 aromatic heterocycles. The van der Waals surface area contributed by atoms with Crippen LogP contribution in [0.3, 0.4) is 0 Å². The highest BCUT2D eigenvalue weighted by Gasteiger charge is 2.41. The number of nitrogens with one attached hydrogen (secondary N) is 2. The largest absolute Gasteiger partial charge is 0.480 e. The number of hydrogen-bond donors (Lipinski definition) is 3. The van der Waals surface area contributed by atoms with Gasteiger partial charge in [0, 0.05) is 12.5 Å². The van der Waals surface area contributed by atoms with E-state index in [2.05, 4.69) is 10.6 Å². The van der Waals surface area contributed by atoms with Gasteiger partial charge in [-0.1, -0.05) is 84.9 Å². The lowest BCUT2D eigenvalue weighted by Gasteiger charge is -2.40. The average molecular weight is 518 g/mol. The van der Waals surface area contributed by atoms with Crippen molar-refractivity contribution in [3.63, 3.8) is 0 Å². The van der Waals surface area contributed by atoms with E-state index >= 15 is 0 Å². The van der Waals surface area contributed by atoms with Crippen molar-refractivity contribution in [1.29, 1.82) is 0 Å². The Hall–Kier alpha value is -2.71. The normalized spacial score (nSPS) is 15.2. The molecule has 8 heteroatoms. The van der Waals surface area contributed by atoms with Crippen molar-refractivity contribution in [3.8, 4) is 0 Å². The number of amides is 2. The predicted octanol–water partition coefficient (Wildman–Crippen LogP) is 3.61. The molecule has 3 N–H and O–H groups in total. The zero-order chi connectivity index (χ0) is 28.6. The van der Waals surface area contributed by atoms with E-state index in [0.29, 0.717) is 0 Å². The van der Waals surface area contributed by atoms with Crippen LogP contribution in [-0.4, -0.2) is 73.2 Å². The first-order chi connectivity index (χ1) is 17.0. The molecule has 3 atom stereocenters. The molecular weight excluding hydrogens is 470 g/mol. The summed E-state index contributed by atoms with van der Waals surface area (Å²) >= 11 is 0. The Morgan fingerprint density at radius 2 is 1.59 bits per heavy atom. The molecule has 0 unspecified atom stereocenters. The van der Waals surface area contributed by atoms with Gasteiger partial charge in [0.05, 0.1) is 18.7 Å². The first-order valence-corrected chi connectivity index (χ1v) is 12.8. The van der Waals surface area contributed by atoms with Crippen LogP contribution in [0.15, 0.2) is 42.0 Å². The van der Waals surface area contributed by atoms with Crippen molar-refractivity contribution in [2.24, 2.45) is 11.3 Å². The number of aliphatic carboxylic acids is 1. The highest BCUT2D eigenvalue weighted by Crippen LogP contribution is 2.29. The lowest BCUT2D eigenvalue weighted by molar-refractivity contribution is -0.141. The molecule has 1 aromatic carbocycles. The second-order valence-electron chi connectivity index (χ2n) is 11.7. The van der Waals surface area contributed by atoms with Crippen molar-refractivity contribution < 1.29 is 24.2 Å². The number of benzene rings is 1. The Bertz CT molecular complexity index is 935. The molecule has 2 amide bonds. The summed E-state index contributed by atoms with van der Waals surface area (Å²) in [7, 11) is 3.49. The van der Waals surface area contributed by atoms with Crippen LogP contribution >= 0.6 is 0 Å². The van der Waals surface area contributed by atoms with Gasteiger partial charge in [0.1, 0.15) is 12.6 Å². The van der Waals surface area contributed by atoms with Gasteiger partial charge >= 0.3 is 5.97 Å². The number of ether oxygens (including phenoxy) is 1. The lowest BCUT2D eigenvalue weighted by atomic mass is 9.76. The van der Waals surface area contributed by atoms with E-state index in [9.17, 15) is 14.4 Å². The quantitative estimate of drug-likeness (QED) is 0.345. The standard InChI is InChI=1S/C29H47N3O5/c1-19(2)22(16-20(3)17-37-18-23(33)34)32(10)27(36)25(28(4,5)6)31-26(35)24(30-9)29(7,8)21-14-12-11-13-15-21/h11-16,19,22,24-25,30H,17-18H2,1-10H3,(H,31,35)(H,33,34)/b20-16+/t22-,24-,25-/m1/s1. The molecule has 0 heterocycles. The molecule has 8 nitrogen and oxygen atoms in total. The van der Waals surface area contributed by atoms with Gasteiger partial charge in [0.15, 0.2) is 0 Å². The van der Waals surface area contributed by atoms with Gasteiger partial charge in [-0.2, -0.15) is 0 Å². The van der Waals surface area contributed by atoms with Gasteiger partial charge in [-0.25, -0.2) is 4.79 Å². The summed E-state index contributed by atoms with van der Waals surface area (Å²) in [5, 5.41) is 15.0. The van der Waals surface area contributed by atoms with E-state index in [-0.39, 0.29) is 37.0 Å². The van der Waals surface area contributed by atoms with Crippen LogP contribution < -0.4 is 10.6 Å². The SMILES string of the molecule is CN[C@H](C(=O)N[C@H](C(=O)N(C)[C@H](/C=C(\C)COCC(=O)O)C(C)C)C(C)(C)C)C(C)(C)c1ccccc1. The minimum atomic E-state index is -1.03. The van der Waals surface area contributed by atoms with Gasteiger partial charge in [-0.3, -0.25) is 9.59 Å². The third-order valence-corrected chi connectivity index (χ3v) is 6.68. The molecule has 0 saturated heterocycles. The number of carboxylic acids is 1. The third-order valence-electron chi connectivity index (χ3n) is 6.68. The predicted molar refractivity (Wildman–Crippen MR) is 147 cm³/mol. The molecule has 1 rings (SSSR count). The van der Waals surface area contributed by atoms with Crippen LogP contribution in [0.2, 0.25) is 0 Å². The Balaban J connectivity index is 3.20. The van der Waals surface area contributed by atoms with E-state index in [1.807, 2.05) is 91.8 Å². The number of carbonyl (C=O) groups is 3. The fourth-order valence-electron chi connectivity index (χ4n) is 4.47. The molecule has 0 aliphatic heterocycles. The molecule has 0 spiro atoms. The summed E-state index contributed by atoms with van der Waals surface area (Å²) < 4.78 is 5.20. The van der Waals surface area contributed by atoms with Gasteiger partial charge in [-0.05, 0) is 36.4 Å². The minimum absolute atomic E-state index is 0.0850. The van der Waals surface area contributed by atoms with Crippen LogP contribution in [0.4, 0.5) is 0 Å². The number of nitrogens with zero attached hydrogens (tertiary/aromatic N) is 1. The van der Waals surface area contributed by atoms with Crippen molar-refractivity contribution in [1.82, 2.24) is 15.5 Å². The lowest BCUT2D eigenvalue weighted by Crippen LogP contribution is -2.61. The van der Waals surface area contributed by atoms with Crippen LogP contribution in [-0.2, 0) is 24.5 Å². The highest BCUT2D eigenvalue weighted by atomic mass is 16.5. The number of rotatable bonds is 13. The van der Waals surface area contributed by atoms with Crippen LogP contribution in [0.5, 0.6) is 0 Å². The second-order valence-corrected chi connectivity index (χ2v) is 11.7. The molecule has 0 radical (unpaired) electrons. The fraction of sp³-hybridized carbons (Fsp3) is 0.621. The van der Waals surface area contributed by atoms with Gasteiger partial charge in [0.2, 0.25) is 11.8 Å². The van der Waals surface area contributed by atoms with Gasteiger partial charge in [-0.15, -0.1) is 0 Å². The smallest absolute Gasteiger partial charge is 0.329 e. The molecule has 0 aliphatic rings. The summed E-state index contributed by atoms with van der Waals surface area (Å²) in [6, 6.07) is 8.26. The van der Waals surface area contributed by atoms with Crippen LogP contribution in [0.25, 0.3) is 0 Å². The van der Waals surface area contributed by atoms with Gasteiger partial charge < -0.3 is 25.4 Å². The maximum atomic E-state index is 13.8. The Labute approximate surface area is 222 Å². The molecule has 37 heavy (non-hydrogen) atoms. The molecule has 208 valence electrons.